The van der Waals surface area contributed by atoms with Gasteiger partial charge in [0, 0.05) is 18.4 Å². The number of phenolic OH excluding ortho intramolecular Hbond substituents is 1. The molecule has 7 nitrogen and oxygen atoms in total. The summed E-state index contributed by atoms with van der Waals surface area (Å²) in [5.41, 5.74) is -0.0832. The minimum Gasteiger partial charge on any atom is -0.508 e. The fourth-order valence-corrected chi connectivity index (χ4v) is 2.53. The first-order valence-corrected chi connectivity index (χ1v) is 12.9. The van der Waals surface area contributed by atoms with Gasteiger partial charge in [0.1, 0.15) is 11.4 Å². The number of phenols is 1. The highest BCUT2D eigenvalue weighted by molar-refractivity contribution is 9.09. The van der Waals surface area contributed by atoms with Crippen LogP contribution in [0.2, 0.25) is 0 Å². The summed E-state index contributed by atoms with van der Waals surface area (Å²) < 4.78 is 9.66. The number of alkyl halides is 1. The maximum atomic E-state index is 11.5. The first-order valence-electron chi connectivity index (χ1n) is 11.7. The summed E-state index contributed by atoms with van der Waals surface area (Å²) >= 11 is 3.24. The third-order valence-electron chi connectivity index (χ3n) is 3.70. The number of benzene rings is 1. The average Bonchev–Trinajstić information content (AvgIpc) is 2.82. The van der Waals surface area contributed by atoms with Crippen LogP contribution < -0.4 is 0 Å². The number of rotatable bonds is 3. The smallest absolute Gasteiger partial charge is 0.410 e. The van der Waals surface area contributed by atoms with E-state index in [1.54, 1.807) is 17.0 Å². The normalized spacial score (nSPS) is 12.5. The van der Waals surface area contributed by atoms with Crippen molar-refractivity contribution in [3.63, 3.8) is 0 Å². The Balaban J connectivity index is -0.000000427. The van der Waals surface area contributed by atoms with Gasteiger partial charge >= 0.3 is 12.1 Å². The van der Waals surface area contributed by atoms with Gasteiger partial charge < -0.3 is 24.6 Å². The Kier molecular flexibility index (Phi) is 24.4. The molecule has 0 aliphatic carbocycles. The van der Waals surface area contributed by atoms with Crippen molar-refractivity contribution < 1.29 is 29.3 Å². The van der Waals surface area contributed by atoms with Crippen LogP contribution in [0.15, 0.2) is 36.9 Å². The zero-order chi connectivity index (χ0) is 27.2. The Morgan fingerprint density at radius 2 is 1.71 bits per heavy atom. The molecule has 198 valence electrons. The van der Waals surface area contributed by atoms with Crippen molar-refractivity contribution in [2.45, 2.75) is 79.4 Å². The molecule has 0 aromatic heterocycles. The lowest BCUT2D eigenvalue weighted by atomic mass is 10.1. The molecule has 1 aliphatic rings. The van der Waals surface area contributed by atoms with Gasteiger partial charge in [-0.25, -0.2) is 9.59 Å². The molecule has 0 radical (unpaired) electrons. The Hall–Kier alpha value is -2.06. The minimum atomic E-state index is -0.444. The molecule has 1 amide bonds. The number of hydrogen-bond donors (Lipinski definition) is 2. The zero-order valence-corrected chi connectivity index (χ0v) is 23.9. The number of amides is 1. The van der Waals surface area contributed by atoms with E-state index in [9.17, 15) is 14.7 Å². The predicted molar refractivity (Wildman–Crippen MR) is 144 cm³/mol. The summed E-state index contributed by atoms with van der Waals surface area (Å²) in [5, 5.41) is 19.3. The topological polar surface area (TPSA) is 96.3 Å². The van der Waals surface area contributed by atoms with Gasteiger partial charge in [-0.3, -0.25) is 0 Å². The fourth-order valence-electron chi connectivity index (χ4n) is 2.20. The van der Waals surface area contributed by atoms with Crippen LogP contribution in [-0.4, -0.2) is 64.4 Å². The summed E-state index contributed by atoms with van der Waals surface area (Å²) in [5.74, 6) is -0.381. The maximum Gasteiger partial charge on any atom is 0.410 e. The average molecular weight is 549 g/mol. The monoisotopic (exact) mass is 547 g/mol. The van der Waals surface area contributed by atoms with E-state index in [1.807, 2.05) is 54.5 Å². The summed E-state index contributed by atoms with van der Waals surface area (Å²) in [7, 11) is 1.30. The van der Waals surface area contributed by atoms with Gasteiger partial charge in [0.15, 0.2) is 0 Å². The predicted octanol–water partition coefficient (Wildman–Crippen LogP) is 6.57. The Morgan fingerprint density at radius 1 is 1.18 bits per heavy atom. The van der Waals surface area contributed by atoms with Crippen molar-refractivity contribution in [2.75, 3.05) is 25.5 Å². The van der Waals surface area contributed by atoms with E-state index in [2.05, 4.69) is 27.2 Å². The Labute approximate surface area is 215 Å². The zero-order valence-electron chi connectivity index (χ0n) is 22.3. The molecule has 1 heterocycles. The van der Waals surface area contributed by atoms with E-state index in [4.69, 9.17) is 9.84 Å². The number of aliphatic hydroxyl groups excluding tert-OH is 1. The Morgan fingerprint density at radius 3 is 2.06 bits per heavy atom. The largest absolute Gasteiger partial charge is 0.508 e. The number of ether oxygens (including phenoxy) is 2. The van der Waals surface area contributed by atoms with Crippen LogP contribution in [0.3, 0.4) is 0 Å². The third kappa shape index (κ3) is 20.5. The highest BCUT2D eigenvalue weighted by Gasteiger charge is 2.25. The number of aliphatic hydroxyl groups is 1. The molecule has 2 N–H and O–H groups in total. The number of halogens is 1. The van der Waals surface area contributed by atoms with Crippen molar-refractivity contribution in [3.05, 3.63) is 42.5 Å². The molecule has 1 fully saturated rings. The number of piperidine rings is 1. The van der Waals surface area contributed by atoms with Crippen molar-refractivity contribution >= 4 is 28.0 Å². The minimum absolute atomic E-state index is 0.0629. The molecule has 1 aromatic carbocycles. The molecule has 1 aliphatic heterocycles. The van der Waals surface area contributed by atoms with Crippen LogP contribution in [0.5, 0.6) is 5.75 Å². The van der Waals surface area contributed by atoms with Crippen molar-refractivity contribution in [1.29, 1.82) is 0 Å². The number of esters is 1. The summed E-state index contributed by atoms with van der Waals surface area (Å²) in [4.78, 5) is 24.0. The highest BCUT2D eigenvalue weighted by atomic mass is 79.9. The van der Waals surface area contributed by atoms with Gasteiger partial charge in [-0.1, -0.05) is 55.8 Å². The van der Waals surface area contributed by atoms with E-state index < -0.39 is 11.6 Å². The first kappa shape index (κ1) is 36.5. The van der Waals surface area contributed by atoms with Gasteiger partial charge in [-0.15, -0.1) is 6.58 Å². The highest BCUT2D eigenvalue weighted by Crippen LogP contribution is 2.15. The summed E-state index contributed by atoms with van der Waals surface area (Å²) in [6.45, 7) is 18.3. The number of likely N-dealkylation sites (tertiary alicyclic amines) is 1. The second-order valence-corrected chi connectivity index (χ2v) is 8.30. The lowest BCUT2D eigenvalue weighted by molar-refractivity contribution is 0.0100. The molecule has 34 heavy (non-hydrogen) atoms. The number of hydrogen-bond acceptors (Lipinski definition) is 6. The van der Waals surface area contributed by atoms with Gasteiger partial charge in [0.05, 0.1) is 18.8 Å². The lowest BCUT2D eigenvalue weighted by Crippen LogP contribution is -2.42. The molecule has 0 atom stereocenters. The van der Waals surface area contributed by atoms with E-state index in [1.165, 1.54) is 19.2 Å². The molecule has 0 spiro atoms. The van der Waals surface area contributed by atoms with Crippen molar-refractivity contribution in [1.82, 2.24) is 4.90 Å². The number of methoxy groups -OCH3 is 1. The van der Waals surface area contributed by atoms with E-state index >= 15 is 0 Å². The maximum absolute atomic E-state index is 11.5. The second-order valence-electron chi connectivity index (χ2n) is 7.51. The molecular weight excluding hydrogens is 502 g/mol. The number of aromatic hydroxyl groups is 1. The Bertz CT molecular complexity index is 653. The van der Waals surface area contributed by atoms with Gasteiger partial charge in [0.2, 0.25) is 0 Å². The van der Waals surface area contributed by atoms with Gasteiger partial charge in [0.25, 0.3) is 0 Å². The molecule has 0 bridgehead atoms. The SMILES string of the molecule is C=CCCBr.CC.CC.CC(C)(C)OC(=O)N1CCC(O)CC1.COC(=O)c1cccc(O)c1. The van der Waals surface area contributed by atoms with E-state index in [0.717, 1.165) is 11.8 Å². The molecule has 0 unspecified atom stereocenters. The van der Waals surface area contributed by atoms with Gasteiger partial charge in [-0.05, 0) is 58.2 Å². The molecule has 1 saturated heterocycles. The number of carbonyl (C=O) groups excluding carboxylic acids is 2. The van der Waals surface area contributed by atoms with Crippen LogP contribution in [-0.2, 0) is 9.47 Å². The van der Waals surface area contributed by atoms with Crippen molar-refractivity contribution in [3.8, 4) is 5.75 Å². The van der Waals surface area contributed by atoms with Crippen LogP contribution >= 0.6 is 15.9 Å². The summed E-state index contributed by atoms with van der Waals surface area (Å²) in [6, 6.07) is 6.01. The van der Waals surface area contributed by atoms with Crippen LogP contribution in [0, 0.1) is 0 Å². The van der Waals surface area contributed by atoms with Crippen LogP contribution in [0.1, 0.15) is 78.1 Å². The lowest BCUT2D eigenvalue weighted by Gasteiger charge is -2.31. The molecule has 0 saturated carbocycles. The summed E-state index contributed by atoms with van der Waals surface area (Å²) in [6.07, 6.45) is 3.73. The van der Waals surface area contributed by atoms with Crippen LogP contribution in [0.25, 0.3) is 0 Å². The number of carbonyl (C=O) groups is 2. The molecule has 1 aromatic rings. The standard InChI is InChI=1S/C10H19NO3.C8H8O3.C4H7Br.2C2H6/c1-10(2,3)14-9(13)11-6-4-8(12)5-7-11;1-11-8(10)6-3-2-4-7(9)5-6;1-2-3-4-5;2*1-2/h8,12H,4-7H2,1-3H3;2-5,9H,1H3;2H,1,3-4H2;2*1-2H3. The third-order valence-corrected chi connectivity index (χ3v) is 4.15. The first-order chi connectivity index (χ1) is 16.0. The number of nitrogens with zero attached hydrogens (tertiary/aromatic N) is 1. The number of allylic oxidation sites excluding steroid dienone is 1. The molecule has 8 heteroatoms. The molecule has 2 rings (SSSR count). The van der Waals surface area contributed by atoms with Gasteiger partial charge in [-0.2, -0.15) is 0 Å². The molecular formula is C26H46BrNO6. The van der Waals surface area contributed by atoms with Crippen molar-refractivity contribution in [2.24, 2.45) is 0 Å². The quantitative estimate of drug-likeness (QED) is 0.252. The van der Waals surface area contributed by atoms with E-state index in [0.29, 0.717) is 31.5 Å². The van der Waals surface area contributed by atoms with Crippen LogP contribution in [0.4, 0.5) is 4.79 Å². The fraction of sp³-hybridized carbons (Fsp3) is 0.615. The second kappa shape index (κ2) is 22.7. The van der Waals surface area contributed by atoms with E-state index in [-0.39, 0.29) is 17.9 Å².